The molecule has 0 amide bonds. The monoisotopic (exact) mass is 584 g/mol. The first-order valence-electron chi connectivity index (χ1n) is 11.7. The fourth-order valence-electron chi connectivity index (χ4n) is 4.50. The van der Waals surface area contributed by atoms with Crippen LogP contribution < -0.4 is 0 Å². The molecule has 1 aliphatic heterocycles. The Morgan fingerprint density at radius 3 is 2.55 bits per heavy atom. The van der Waals surface area contributed by atoms with E-state index in [4.69, 9.17) is 27.5 Å². The summed E-state index contributed by atoms with van der Waals surface area (Å²) in [6.07, 6.45) is 1.65. The number of aromatic nitrogens is 4. The van der Waals surface area contributed by atoms with Gasteiger partial charge in [-0.25, -0.2) is 19.6 Å². The first-order chi connectivity index (χ1) is 19.1. The lowest BCUT2D eigenvalue weighted by atomic mass is 9.92. The molecule has 4 atom stereocenters. The highest BCUT2D eigenvalue weighted by Crippen LogP contribution is 2.40. The summed E-state index contributed by atoms with van der Waals surface area (Å²) in [6, 6.07) is 11.7. The minimum atomic E-state index is -2.73. The average Bonchev–Trinajstić information content (AvgIpc) is 3.66. The van der Waals surface area contributed by atoms with Crippen LogP contribution in [-0.2, 0) is 25.5 Å². The first-order valence-corrected chi connectivity index (χ1v) is 13.0. The van der Waals surface area contributed by atoms with Crippen molar-refractivity contribution in [3.8, 4) is 22.9 Å². The lowest BCUT2D eigenvalue weighted by Gasteiger charge is -2.30. The van der Waals surface area contributed by atoms with Crippen LogP contribution in [0.2, 0.25) is 5.28 Å². The molecule has 12 nitrogen and oxygen atoms in total. The number of carbonyl (C=O) groups is 2. The Hall–Kier alpha value is -3.90. The van der Waals surface area contributed by atoms with Crippen molar-refractivity contribution in [2.75, 3.05) is 6.61 Å². The number of fused-ring (bicyclic) bond motifs is 1. The summed E-state index contributed by atoms with van der Waals surface area (Å²) in [6.45, 7) is -0.789. The fourth-order valence-corrected chi connectivity index (χ4v) is 5.38. The summed E-state index contributed by atoms with van der Waals surface area (Å²) >= 11 is 7.58. The zero-order valence-corrected chi connectivity index (χ0v) is 22.0. The van der Waals surface area contributed by atoms with Crippen molar-refractivity contribution in [1.29, 1.82) is 0 Å². The van der Waals surface area contributed by atoms with Gasteiger partial charge >= 0.3 is 11.9 Å². The Kier molecular flexibility index (Phi) is 7.32. The quantitative estimate of drug-likeness (QED) is 0.128. The Bertz CT molecular complexity index is 1590. The smallest absolute Gasteiger partial charge is 0.348 e. The lowest BCUT2D eigenvalue weighted by Crippen LogP contribution is -2.55. The van der Waals surface area contributed by atoms with Crippen molar-refractivity contribution in [3.05, 3.63) is 65.0 Å². The Morgan fingerprint density at radius 1 is 1.20 bits per heavy atom. The van der Waals surface area contributed by atoms with Gasteiger partial charge < -0.3 is 29.9 Å². The molecule has 1 aliphatic rings. The van der Waals surface area contributed by atoms with E-state index in [-0.39, 0.29) is 10.9 Å². The maximum absolute atomic E-state index is 12.2. The van der Waals surface area contributed by atoms with E-state index in [2.05, 4.69) is 20.9 Å². The summed E-state index contributed by atoms with van der Waals surface area (Å²) < 4.78 is 12.6. The van der Waals surface area contributed by atoms with Crippen LogP contribution in [0.3, 0.4) is 0 Å². The van der Waals surface area contributed by atoms with E-state index in [0.717, 1.165) is 4.88 Å². The number of rotatable bonds is 9. The molecule has 3 aromatic heterocycles. The number of ether oxygens (including phenoxy) is 2. The van der Waals surface area contributed by atoms with Crippen LogP contribution in [0.4, 0.5) is 0 Å². The number of nitrogens with zero attached hydrogens (tertiary/aromatic N) is 4. The maximum Gasteiger partial charge on any atom is 0.348 e. The van der Waals surface area contributed by atoms with Gasteiger partial charge in [0.05, 0.1) is 17.8 Å². The number of hydrogen-bond donors (Lipinski definition) is 4. The van der Waals surface area contributed by atoms with Crippen molar-refractivity contribution < 1.29 is 39.5 Å². The van der Waals surface area contributed by atoms with Crippen molar-refractivity contribution in [3.63, 3.8) is 0 Å². The fraction of sp³-hybridized carbons (Fsp3) is 0.269. The number of carboxylic acid groups (broad SMARTS) is 2. The Morgan fingerprint density at radius 2 is 1.93 bits per heavy atom. The Balaban J connectivity index is 1.47. The highest BCUT2D eigenvalue weighted by atomic mass is 35.5. The average molecular weight is 585 g/mol. The van der Waals surface area contributed by atoms with Gasteiger partial charge in [0.15, 0.2) is 17.5 Å². The second kappa shape index (κ2) is 10.6. The van der Waals surface area contributed by atoms with Crippen LogP contribution in [0.5, 0.6) is 0 Å². The minimum Gasteiger partial charge on any atom is -0.479 e. The normalized spacial score (nSPS) is 22.8. The van der Waals surface area contributed by atoms with E-state index in [1.165, 1.54) is 22.2 Å². The number of terminal acetylenes is 1. The molecule has 40 heavy (non-hydrogen) atoms. The van der Waals surface area contributed by atoms with Crippen molar-refractivity contribution in [2.24, 2.45) is 0 Å². The number of imidazole rings is 1. The number of aliphatic carboxylic acids is 2. The molecule has 5 rings (SSSR count). The third-order valence-corrected chi connectivity index (χ3v) is 7.68. The molecule has 4 N–H and O–H groups in total. The van der Waals surface area contributed by atoms with Crippen LogP contribution in [0, 0.1) is 12.3 Å². The van der Waals surface area contributed by atoms with E-state index in [9.17, 15) is 30.0 Å². The van der Waals surface area contributed by atoms with Crippen LogP contribution in [0.25, 0.3) is 21.7 Å². The number of benzene rings is 1. The molecule has 0 saturated carbocycles. The number of halogens is 1. The van der Waals surface area contributed by atoms with Gasteiger partial charge in [0, 0.05) is 6.42 Å². The molecule has 14 heteroatoms. The minimum absolute atomic E-state index is 0.106. The number of carboxylic acids is 2. The Labute approximate surface area is 235 Å². The third-order valence-electron chi connectivity index (χ3n) is 6.64. The predicted molar refractivity (Wildman–Crippen MR) is 141 cm³/mol. The lowest BCUT2D eigenvalue weighted by molar-refractivity contribution is -0.191. The highest BCUT2D eigenvalue weighted by molar-refractivity contribution is 7.13. The van der Waals surface area contributed by atoms with E-state index < -0.39 is 54.6 Å². The van der Waals surface area contributed by atoms with Crippen LogP contribution in [0.15, 0.2) is 54.2 Å². The topological polar surface area (TPSA) is 177 Å². The molecule has 0 aliphatic carbocycles. The molecule has 206 valence electrons. The van der Waals surface area contributed by atoms with Crippen molar-refractivity contribution in [1.82, 2.24) is 19.5 Å². The second-order valence-electron chi connectivity index (χ2n) is 8.98. The molecule has 1 saturated heterocycles. The summed E-state index contributed by atoms with van der Waals surface area (Å²) in [5, 5.41) is 43.8. The van der Waals surface area contributed by atoms with Gasteiger partial charge in [0.2, 0.25) is 5.28 Å². The zero-order valence-electron chi connectivity index (χ0n) is 20.4. The molecule has 1 aromatic carbocycles. The summed E-state index contributed by atoms with van der Waals surface area (Å²) in [5.41, 5.74) is -3.80. The molecule has 0 unspecified atom stereocenters. The van der Waals surface area contributed by atoms with Crippen LogP contribution in [0.1, 0.15) is 11.8 Å². The summed E-state index contributed by atoms with van der Waals surface area (Å²) in [5.74, 6) is -1.45. The molecule has 0 radical (unpaired) electrons. The summed E-state index contributed by atoms with van der Waals surface area (Å²) in [7, 11) is 0. The zero-order chi connectivity index (χ0) is 28.7. The van der Waals surface area contributed by atoms with Crippen LogP contribution in [-0.4, -0.2) is 81.9 Å². The maximum atomic E-state index is 12.2. The van der Waals surface area contributed by atoms with Crippen LogP contribution >= 0.6 is 22.9 Å². The number of hydrogen-bond acceptors (Lipinski definition) is 10. The van der Waals surface area contributed by atoms with Gasteiger partial charge in [-0.2, -0.15) is 4.98 Å². The third kappa shape index (κ3) is 4.60. The van der Waals surface area contributed by atoms with Gasteiger partial charge in [-0.15, -0.1) is 17.8 Å². The van der Waals surface area contributed by atoms with E-state index in [0.29, 0.717) is 16.8 Å². The SMILES string of the molecule is C#C[C@@]1(O)[C@@H](COC(Cc2ccccc2)(C(=O)O)C(=O)O)O[C@@H](n2cnc3c(-c4cccs4)nc(Cl)nc32)[C@@H]1O. The number of aliphatic hydroxyl groups is 2. The van der Waals surface area contributed by atoms with Gasteiger partial charge in [-0.05, 0) is 28.6 Å². The van der Waals surface area contributed by atoms with Gasteiger partial charge in [-0.1, -0.05) is 42.3 Å². The molecule has 0 spiro atoms. The highest BCUT2D eigenvalue weighted by Gasteiger charge is 2.58. The standard InChI is InChI=1S/C26H21ClN4O8S/c1-2-25(37)16(12-38-26(22(33)34,23(35)36)11-14-7-4-3-5-8-14)39-21(19(25)32)31-13-28-18-17(15-9-6-10-40-15)29-24(27)30-20(18)31/h1,3-10,13,16,19,21,32,37H,11-12H2,(H,33,34)(H,35,36)/t16-,19+,21-,25-/m1/s1. The van der Waals surface area contributed by atoms with E-state index in [1.54, 1.807) is 30.3 Å². The largest absolute Gasteiger partial charge is 0.479 e. The molecular formula is C26H21ClN4O8S. The molecular weight excluding hydrogens is 564 g/mol. The number of aliphatic hydroxyl groups excluding tert-OH is 1. The molecule has 0 bridgehead atoms. The van der Waals surface area contributed by atoms with E-state index >= 15 is 0 Å². The second-order valence-corrected chi connectivity index (χ2v) is 10.3. The van der Waals surface area contributed by atoms with Crippen molar-refractivity contribution >= 4 is 46.0 Å². The predicted octanol–water partition coefficient (Wildman–Crippen LogP) is 2.00. The van der Waals surface area contributed by atoms with Gasteiger partial charge in [0.1, 0.15) is 23.4 Å². The van der Waals surface area contributed by atoms with E-state index in [1.807, 2.05) is 17.5 Å². The molecule has 4 heterocycles. The molecule has 1 fully saturated rings. The van der Waals surface area contributed by atoms with Crippen molar-refractivity contribution in [2.45, 2.75) is 36.1 Å². The first kappa shape index (κ1) is 27.7. The van der Waals surface area contributed by atoms with Gasteiger partial charge in [0.25, 0.3) is 5.60 Å². The molecule has 4 aromatic rings. The van der Waals surface area contributed by atoms with Gasteiger partial charge in [-0.3, -0.25) is 4.57 Å². The number of thiophene rings is 1. The summed E-state index contributed by atoms with van der Waals surface area (Å²) in [4.78, 5) is 38.0.